The van der Waals surface area contributed by atoms with E-state index in [0.717, 1.165) is 5.69 Å². The van der Waals surface area contributed by atoms with Crippen LogP contribution in [0.5, 0.6) is 5.75 Å². The van der Waals surface area contributed by atoms with E-state index in [1.807, 2.05) is 18.2 Å². The lowest BCUT2D eigenvalue weighted by atomic mass is 10.2. The zero-order chi connectivity index (χ0) is 20.2. The van der Waals surface area contributed by atoms with E-state index in [0.29, 0.717) is 30.2 Å². The maximum absolute atomic E-state index is 12.7. The molecule has 1 aromatic heterocycles. The van der Waals surface area contributed by atoms with Crippen molar-refractivity contribution in [2.45, 2.75) is 0 Å². The second kappa shape index (κ2) is 7.97. The molecule has 1 aliphatic heterocycles. The number of hydrogen-bond donors (Lipinski definition) is 1. The Morgan fingerprint density at radius 3 is 2.66 bits per heavy atom. The average molecular weight is 393 g/mol. The number of tetrazole rings is 1. The average Bonchev–Trinajstić information content (AvgIpc) is 3.39. The molecule has 1 aliphatic rings. The summed E-state index contributed by atoms with van der Waals surface area (Å²) in [6, 6.07) is 14.2. The van der Waals surface area contributed by atoms with Crippen LogP contribution in [-0.4, -0.2) is 63.8 Å². The highest BCUT2D eigenvalue weighted by atomic mass is 16.5. The largest absolute Gasteiger partial charge is 0.495 e. The quantitative estimate of drug-likeness (QED) is 0.681. The van der Waals surface area contributed by atoms with E-state index >= 15 is 0 Å². The molecule has 2 heterocycles. The lowest BCUT2D eigenvalue weighted by Gasteiger charge is -2.20. The minimum absolute atomic E-state index is 0.0285. The Balaban J connectivity index is 1.37. The summed E-state index contributed by atoms with van der Waals surface area (Å²) in [4.78, 5) is 28.3. The molecule has 1 fully saturated rings. The first-order valence-corrected chi connectivity index (χ1v) is 8.98. The zero-order valence-corrected chi connectivity index (χ0v) is 15.7. The van der Waals surface area contributed by atoms with Gasteiger partial charge < -0.3 is 15.0 Å². The van der Waals surface area contributed by atoms with Crippen molar-refractivity contribution >= 4 is 23.3 Å². The summed E-state index contributed by atoms with van der Waals surface area (Å²) in [7, 11) is 1.56. The predicted molar refractivity (Wildman–Crippen MR) is 105 cm³/mol. The van der Waals surface area contributed by atoms with Crippen LogP contribution in [0, 0.1) is 0 Å². The fraction of sp³-hybridized carbons (Fsp3) is 0.211. The molecule has 3 amide bonds. The van der Waals surface area contributed by atoms with Crippen molar-refractivity contribution in [3.63, 3.8) is 0 Å². The standard InChI is InChI=1S/C19H19N7O3/c1-29-17-5-3-2-4-16(17)25-11-10-24(19(25)28)12-18(27)21-14-6-8-15(9-7-14)26-13-20-22-23-26/h2-9,13H,10-12H2,1H3,(H,21,27). The molecule has 0 aliphatic carbocycles. The molecule has 0 spiro atoms. The van der Waals surface area contributed by atoms with Gasteiger partial charge in [0.2, 0.25) is 5.91 Å². The Bertz CT molecular complexity index is 1000. The molecule has 148 valence electrons. The monoisotopic (exact) mass is 393 g/mol. The van der Waals surface area contributed by atoms with Gasteiger partial charge in [-0.1, -0.05) is 12.1 Å². The summed E-state index contributed by atoms with van der Waals surface area (Å²) in [6.07, 6.45) is 1.49. The van der Waals surface area contributed by atoms with Gasteiger partial charge in [0.15, 0.2) is 0 Å². The van der Waals surface area contributed by atoms with Gasteiger partial charge in [-0.15, -0.1) is 5.10 Å². The van der Waals surface area contributed by atoms with Crippen molar-refractivity contribution < 1.29 is 14.3 Å². The van der Waals surface area contributed by atoms with Crippen LogP contribution in [0.25, 0.3) is 5.69 Å². The number of carbonyl (C=O) groups excluding carboxylic acids is 2. The van der Waals surface area contributed by atoms with Gasteiger partial charge in [0.25, 0.3) is 0 Å². The second-order valence-electron chi connectivity index (χ2n) is 6.38. The van der Waals surface area contributed by atoms with Crippen molar-refractivity contribution in [3.05, 3.63) is 54.9 Å². The van der Waals surface area contributed by atoms with Crippen LogP contribution in [0.2, 0.25) is 0 Å². The first-order chi connectivity index (χ1) is 14.2. The van der Waals surface area contributed by atoms with Crippen molar-refractivity contribution in [2.75, 3.05) is 37.0 Å². The van der Waals surface area contributed by atoms with E-state index in [1.165, 1.54) is 15.9 Å². The predicted octanol–water partition coefficient (Wildman–Crippen LogP) is 1.55. The molecule has 1 saturated heterocycles. The molecule has 2 aromatic carbocycles. The minimum Gasteiger partial charge on any atom is -0.495 e. The maximum atomic E-state index is 12.7. The number of nitrogens with zero attached hydrogens (tertiary/aromatic N) is 6. The lowest BCUT2D eigenvalue weighted by molar-refractivity contribution is -0.116. The van der Waals surface area contributed by atoms with Crippen LogP contribution < -0.4 is 15.0 Å². The van der Waals surface area contributed by atoms with Crippen LogP contribution in [0.4, 0.5) is 16.2 Å². The summed E-state index contributed by atoms with van der Waals surface area (Å²) >= 11 is 0. The zero-order valence-electron chi connectivity index (χ0n) is 15.7. The summed E-state index contributed by atoms with van der Waals surface area (Å²) in [5, 5.41) is 13.8. The number of urea groups is 1. The Labute approximate surface area is 166 Å². The molecule has 0 radical (unpaired) electrons. The van der Waals surface area contributed by atoms with E-state index in [-0.39, 0.29) is 18.5 Å². The van der Waals surface area contributed by atoms with Crippen LogP contribution in [0.15, 0.2) is 54.9 Å². The van der Waals surface area contributed by atoms with Gasteiger partial charge in [-0.25, -0.2) is 9.48 Å². The number of hydrogen-bond acceptors (Lipinski definition) is 6. The van der Waals surface area contributed by atoms with Gasteiger partial charge in [-0.3, -0.25) is 9.69 Å². The normalized spacial score (nSPS) is 13.6. The highest BCUT2D eigenvalue weighted by Crippen LogP contribution is 2.30. The maximum Gasteiger partial charge on any atom is 0.325 e. The SMILES string of the molecule is COc1ccccc1N1CCN(CC(=O)Nc2ccc(-n3cnnn3)cc2)C1=O. The summed E-state index contributed by atoms with van der Waals surface area (Å²) < 4.78 is 6.85. The third kappa shape index (κ3) is 3.86. The molecular formula is C19H19N7O3. The number of para-hydroxylation sites is 2. The van der Waals surface area contributed by atoms with Gasteiger partial charge in [0.05, 0.1) is 18.5 Å². The fourth-order valence-corrected chi connectivity index (χ4v) is 3.16. The number of carbonyl (C=O) groups is 2. The number of nitrogens with one attached hydrogen (secondary N) is 1. The molecule has 0 saturated carbocycles. The van der Waals surface area contributed by atoms with Crippen molar-refractivity contribution in [3.8, 4) is 11.4 Å². The molecule has 29 heavy (non-hydrogen) atoms. The van der Waals surface area contributed by atoms with E-state index in [1.54, 1.807) is 42.3 Å². The highest BCUT2D eigenvalue weighted by Gasteiger charge is 2.32. The third-order valence-corrected chi connectivity index (χ3v) is 4.57. The molecule has 3 aromatic rings. The van der Waals surface area contributed by atoms with Gasteiger partial charge in [0.1, 0.15) is 18.6 Å². The summed E-state index contributed by atoms with van der Waals surface area (Å²) in [6.45, 7) is 0.925. The molecule has 10 heteroatoms. The summed E-state index contributed by atoms with van der Waals surface area (Å²) in [5.41, 5.74) is 2.09. The number of amides is 3. The number of ether oxygens (including phenoxy) is 1. The molecule has 0 unspecified atom stereocenters. The molecule has 4 rings (SSSR count). The van der Waals surface area contributed by atoms with E-state index < -0.39 is 0 Å². The van der Waals surface area contributed by atoms with E-state index in [2.05, 4.69) is 20.8 Å². The molecular weight excluding hydrogens is 374 g/mol. The summed E-state index contributed by atoms with van der Waals surface area (Å²) in [5.74, 6) is 0.352. The smallest absolute Gasteiger partial charge is 0.325 e. The molecule has 1 N–H and O–H groups in total. The molecule has 0 bridgehead atoms. The van der Waals surface area contributed by atoms with Crippen LogP contribution in [0.1, 0.15) is 0 Å². The highest BCUT2D eigenvalue weighted by molar-refractivity contribution is 6.00. The van der Waals surface area contributed by atoms with Crippen molar-refractivity contribution in [1.29, 1.82) is 0 Å². The molecule has 10 nitrogen and oxygen atoms in total. The Morgan fingerprint density at radius 2 is 1.93 bits per heavy atom. The van der Waals surface area contributed by atoms with Gasteiger partial charge >= 0.3 is 6.03 Å². The Hall–Kier alpha value is -3.95. The first-order valence-electron chi connectivity index (χ1n) is 8.98. The number of benzene rings is 2. The Morgan fingerprint density at radius 1 is 1.14 bits per heavy atom. The molecule has 0 atom stereocenters. The van der Waals surface area contributed by atoms with Crippen LogP contribution in [0.3, 0.4) is 0 Å². The number of methoxy groups -OCH3 is 1. The third-order valence-electron chi connectivity index (χ3n) is 4.57. The van der Waals surface area contributed by atoms with E-state index in [9.17, 15) is 9.59 Å². The van der Waals surface area contributed by atoms with Crippen LogP contribution >= 0.6 is 0 Å². The second-order valence-corrected chi connectivity index (χ2v) is 6.38. The van der Waals surface area contributed by atoms with Crippen molar-refractivity contribution in [1.82, 2.24) is 25.1 Å². The van der Waals surface area contributed by atoms with Gasteiger partial charge in [0, 0.05) is 18.8 Å². The lowest BCUT2D eigenvalue weighted by Crippen LogP contribution is -2.37. The van der Waals surface area contributed by atoms with Gasteiger partial charge in [-0.05, 0) is 46.8 Å². The topological polar surface area (TPSA) is 105 Å². The van der Waals surface area contributed by atoms with Gasteiger partial charge in [-0.2, -0.15) is 0 Å². The van der Waals surface area contributed by atoms with Crippen molar-refractivity contribution in [2.24, 2.45) is 0 Å². The van der Waals surface area contributed by atoms with E-state index in [4.69, 9.17) is 4.74 Å². The fourth-order valence-electron chi connectivity index (χ4n) is 3.16. The first kappa shape index (κ1) is 18.4. The minimum atomic E-state index is -0.268. The Kier molecular flexibility index (Phi) is 5.06. The number of rotatable bonds is 6. The number of aromatic nitrogens is 4. The van der Waals surface area contributed by atoms with Crippen LogP contribution in [-0.2, 0) is 4.79 Å². The number of anilines is 2.